The molecule has 28 heavy (non-hydrogen) atoms. The van der Waals surface area contributed by atoms with Gasteiger partial charge in [0.1, 0.15) is 11.5 Å². The number of carbonyl (C=O) groups is 2. The maximum atomic E-state index is 12.3. The van der Waals surface area contributed by atoms with Gasteiger partial charge in [-0.1, -0.05) is 0 Å². The minimum absolute atomic E-state index is 0.0206. The van der Waals surface area contributed by atoms with Crippen LogP contribution < -0.4 is 0 Å². The summed E-state index contributed by atoms with van der Waals surface area (Å²) in [6.07, 6.45) is 1.50. The van der Waals surface area contributed by atoms with Gasteiger partial charge in [-0.05, 0) is 49.4 Å². The summed E-state index contributed by atoms with van der Waals surface area (Å²) in [6.45, 7) is 3.95. The molecule has 9 heteroatoms. The van der Waals surface area contributed by atoms with Gasteiger partial charge in [0, 0.05) is 30.4 Å². The van der Waals surface area contributed by atoms with Crippen LogP contribution in [0.25, 0.3) is 17.4 Å². The van der Waals surface area contributed by atoms with E-state index in [9.17, 15) is 19.7 Å². The Morgan fingerprint density at radius 3 is 2.71 bits per heavy atom. The number of ether oxygens (including phenoxy) is 1. The van der Waals surface area contributed by atoms with Crippen molar-refractivity contribution in [2.45, 2.75) is 13.8 Å². The number of methoxy groups -OCH3 is 1. The predicted molar refractivity (Wildman–Crippen MR) is 105 cm³/mol. The fourth-order valence-electron chi connectivity index (χ4n) is 2.76. The van der Waals surface area contributed by atoms with Crippen molar-refractivity contribution in [1.82, 2.24) is 4.90 Å². The smallest absolute Gasteiger partial charge is 0.293 e. The van der Waals surface area contributed by atoms with E-state index < -0.39 is 10.8 Å². The molecule has 0 bridgehead atoms. The second-order valence-corrected chi connectivity index (χ2v) is 7.22. The molecule has 1 aromatic heterocycles. The number of nitro groups is 1. The third-order valence-corrected chi connectivity index (χ3v) is 5.32. The maximum absolute atomic E-state index is 12.3. The van der Waals surface area contributed by atoms with Crippen molar-refractivity contribution in [3.63, 3.8) is 0 Å². The molecule has 0 atom stereocenters. The number of aryl methyl sites for hydroxylation is 1. The normalized spacial score (nSPS) is 15.7. The van der Waals surface area contributed by atoms with Gasteiger partial charge in [0.25, 0.3) is 16.8 Å². The Kier molecular flexibility index (Phi) is 5.66. The molecule has 0 saturated carbocycles. The first-order chi connectivity index (χ1) is 13.3. The van der Waals surface area contributed by atoms with Crippen molar-refractivity contribution >= 4 is 34.7 Å². The van der Waals surface area contributed by atoms with E-state index in [1.165, 1.54) is 19.3 Å². The first kappa shape index (κ1) is 19.8. The van der Waals surface area contributed by atoms with Gasteiger partial charge >= 0.3 is 0 Å². The van der Waals surface area contributed by atoms with E-state index in [1.54, 1.807) is 26.0 Å². The highest BCUT2D eigenvalue weighted by molar-refractivity contribution is 8.18. The third-order valence-electron chi connectivity index (χ3n) is 4.41. The Morgan fingerprint density at radius 2 is 2.04 bits per heavy atom. The summed E-state index contributed by atoms with van der Waals surface area (Å²) in [6, 6.07) is 6.60. The lowest BCUT2D eigenvalue weighted by molar-refractivity contribution is -0.385. The van der Waals surface area contributed by atoms with Crippen LogP contribution in [0.1, 0.15) is 16.9 Å². The van der Waals surface area contributed by atoms with Crippen molar-refractivity contribution in [2.24, 2.45) is 0 Å². The molecule has 2 aromatic rings. The lowest BCUT2D eigenvalue weighted by Crippen LogP contribution is -2.31. The zero-order chi connectivity index (χ0) is 20.4. The number of hydrogen-bond acceptors (Lipinski definition) is 7. The van der Waals surface area contributed by atoms with Crippen LogP contribution in [-0.4, -0.2) is 41.2 Å². The monoisotopic (exact) mass is 402 g/mol. The molecule has 0 spiro atoms. The number of benzene rings is 1. The van der Waals surface area contributed by atoms with Gasteiger partial charge in [-0.25, -0.2) is 0 Å². The highest BCUT2D eigenvalue weighted by atomic mass is 32.2. The van der Waals surface area contributed by atoms with E-state index in [0.29, 0.717) is 22.6 Å². The first-order valence-corrected chi connectivity index (χ1v) is 9.23. The van der Waals surface area contributed by atoms with E-state index in [0.717, 1.165) is 22.2 Å². The van der Waals surface area contributed by atoms with Gasteiger partial charge in [0.15, 0.2) is 0 Å². The molecule has 1 aliphatic rings. The molecule has 1 fully saturated rings. The molecule has 0 N–H and O–H groups in total. The summed E-state index contributed by atoms with van der Waals surface area (Å²) in [5.74, 6) is 0.427. The van der Waals surface area contributed by atoms with Crippen LogP contribution >= 0.6 is 11.8 Å². The summed E-state index contributed by atoms with van der Waals surface area (Å²) < 4.78 is 10.7. The number of imide groups is 1. The fourth-order valence-corrected chi connectivity index (χ4v) is 3.61. The minimum Gasteiger partial charge on any atom is -0.457 e. The van der Waals surface area contributed by atoms with Gasteiger partial charge in [-0.3, -0.25) is 24.6 Å². The van der Waals surface area contributed by atoms with Gasteiger partial charge in [-0.2, -0.15) is 0 Å². The molecule has 2 heterocycles. The SMILES string of the molecule is COCCN1C(=O)S/C(=C/c2ccc(-c3cc(C)c(C)c([N+](=O)[O-])c3)o2)C1=O. The predicted octanol–water partition coefficient (Wildman–Crippen LogP) is 4.15. The average molecular weight is 402 g/mol. The number of amides is 2. The number of nitrogens with zero attached hydrogens (tertiary/aromatic N) is 2. The topological polar surface area (TPSA) is 103 Å². The fraction of sp³-hybridized carbons (Fsp3) is 0.263. The molecule has 8 nitrogen and oxygen atoms in total. The quantitative estimate of drug-likeness (QED) is 0.406. The number of rotatable bonds is 6. The highest BCUT2D eigenvalue weighted by Gasteiger charge is 2.34. The second-order valence-electron chi connectivity index (χ2n) is 6.22. The van der Waals surface area contributed by atoms with Crippen molar-refractivity contribution in [1.29, 1.82) is 0 Å². The number of thioether (sulfide) groups is 1. The number of carbonyl (C=O) groups excluding carboxylic acids is 2. The van der Waals surface area contributed by atoms with Gasteiger partial charge in [0.05, 0.1) is 23.0 Å². The van der Waals surface area contributed by atoms with Crippen LogP contribution in [0.15, 0.2) is 33.6 Å². The van der Waals surface area contributed by atoms with E-state index >= 15 is 0 Å². The van der Waals surface area contributed by atoms with Crippen LogP contribution in [0.4, 0.5) is 10.5 Å². The van der Waals surface area contributed by atoms with Crippen LogP contribution in [0, 0.1) is 24.0 Å². The summed E-state index contributed by atoms with van der Waals surface area (Å²) in [7, 11) is 1.50. The van der Waals surface area contributed by atoms with Gasteiger partial charge in [-0.15, -0.1) is 0 Å². The number of nitro benzene ring substituents is 1. The Balaban J connectivity index is 1.87. The summed E-state index contributed by atoms with van der Waals surface area (Å²) in [5.41, 5.74) is 1.97. The van der Waals surface area contributed by atoms with E-state index in [2.05, 4.69) is 0 Å². The highest BCUT2D eigenvalue weighted by Crippen LogP contribution is 2.34. The molecule has 2 amide bonds. The lowest BCUT2D eigenvalue weighted by Gasteiger charge is -2.10. The minimum atomic E-state index is -0.425. The zero-order valence-electron chi connectivity index (χ0n) is 15.6. The first-order valence-electron chi connectivity index (χ1n) is 8.42. The average Bonchev–Trinajstić information content (AvgIpc) is 3.21. The molecule has 3 rings (SSSR count). The largest absolute Gasteiger partial charge is 0.457 e. The van der Waals surface area contributed by atoms with Gasteiger partial charge < -0.3 is 9.15 Å². The maximum Gasteiger partial charge on any atom is 0.293 e. The van der Waals surface area contributed by atoms with Crippen LogP contribution in [-0.2, 0) is 9.53 Å². The van der Waals surface area contributed by atoms with Crippen molar-refractivity contribution in [2.75, 3.05) is 20.3 Å². The molecule has 1 aliphatic heterocycles. The molecule has 1 aromatic carbocycles. The molecule has 1 saturated heterocycles. The Bertz CT molecular complexity index is 994. The summed E-state index contributed by atoms with van der Waals surface area (Å²) in [5, 5.41) is 10.9. The van der Waals surface area contributed by atoms with Crippen LogP contribution in [0.3, 0.4) is 0 Å². The molecule has 0 unspecified atom stereocenters. The Labute approximate surface area is 165 Å². The zero-order valence-corrected chi connectivity index (χ0v) is 16.4. The van der Waals surface area contributed by atoms with E-state index in [-0.39, 0.29) is 29.0 Å². The Hall–Kier alpha value is -2.91. The van der Waals surface area contributed by atoms with Crippen LogP contribution in [0.2, 0.25) is 0 Å². The van der Waals surface area contributed by atoms with E-state index in [4.69, 9.17) is 9.15 Å². The molecule has 146 valence electrons. The lowest BCUT2D eigenvalue weighted by atomic mass is 10.0. The Morgan fingerprint density at radius 1 is 1.29 bits per heavy atom. The second kappa shape index (κ2) is 7.99. The molecular weight excluding hydrogens is 384 g/mol. The standard InChI is InChI=1S/C19H18N2O6S/c1-11-8-13(9-15(12(11)2)21(24)25)16-5-4-14(27-16)10-17-18(22)20(6-7-26-3)19(23)28-17/h4-5,8-10H,6-7H2,1-3H3/b17-10+. The summed E-state index contributed by atoms with van der Waals surface area (Å²) in [4.78, 5) is 36.5. The van der Waals surface area contributed by atoms with Crippen molar-refractivity contribution < 1.29 is 23.7 Å². The molecule has 0 aliphatic carbocycles. The van der Waals surface area contributed by atoms with Gasteiger partial charge in [0.2, 0.25) is 0 Å². The molecular formula is C19H18N2O6S. The van der Waals surface area contributed by atoms with Crippen molar-refractivity contribution in [3.8, 4) is 11.3 Å². The number of furan rings is 1. The van der Waals surface area contributed by atoms with Crippen molar-refractivity contribution in [3.05, 3.63) is 56.2 Å². The van der Waals surface area contributed by atoms with Crippen LogP contribution in [0.5, 0.6) is 0 Å². The summed E-state index contributed by atoms with van der Waals surface area (Å²) >= 11 is 0.837. The van der Waals surface area contributed by atoms with E-state index in [1.807, 2.05) is 6.07 Å². The number of hydrogen-bond donors (Lipinski definition) is 0. The molecule has 0 radical (unpaired) electrons. The third kappa shape index (κ3) is 3.85.